The number of methoxy groups -OCH3 is 1. The van der Waals surface area contributed by atoms with Gasteiger partial charge in [-0.1, -0.05) is 12.1 Å². The SMILES string of the molecule is COc1ccccc1C(=O)NCC1(c2ccsc2)CCC(=O)CC1. The minimum Gasteiger partial charge on any atom is -0.496 e. The van der Waals surface area contributed by atoms with Gasteiger partial charge >= 0.3 is 0 Å². The summed E-state index contributed by atoms with van der Waals surface area (Å²) in [5.74, 6) is 0.745. The lowest BCUT2D eigenvalue weighted by Crippen LogP contribution is -2.43. The molecule has 0 radical (unpaired) electrons. The van der Waals surface area contributed by atoms with Crippen molar-refractivity contribution in [1.29, 1.82) is 0 Å². The molecule has 24 heavy (non-hydrogen) atoms. The normalized spacial score (nSPS) is 16.6. The standard InChI is InChI=1S/C19H21NO3S/c1-23-17-5-3-2-4-16(17)18(22)20-13-19(14-8-11-24-12-14)9-6-15(21)7-10-19/h2-5,8,11-12H,6-7,9-10,13H2,1H3,(H,20,22). The topological polar surface area (TPSA) is 55.4 Å². The molecule has 0 spiro atoms. The number of carbonyl (C=O) groups excluding carboxylic acids is 2. The third kappa shape index (κ3) is 3.36. The Bertz CT molecular complexity index is 714. The third-order valence-corrected chi connectivity index (χ3v) is 5.52. The monoisotopic (exact) mass is 343 g/mol. The number of rotatable bonds is 5. The van der Waals surface area contributed by atoms with E-state index >= 15 is 0 Å². The molecule has 1 heterocycles. The molecule has 0 saturated heterocycles. The molecule has 0 aliphatic heterocycles. The Hall–Kier alpha value is -2.14. The second-order valence-electron chi connectivity index (χ2n) is 6.21. The van der Waals surface area contributed by atoms with E-state index in [2.05, 4.69) is 22.1 Å². The number of ketones is 1. The minimum atomic E-state index is -0.147. The van der Waals surface area contributed by atoms with Crippen LogP contribution in [0.4, 0.5) is 0 Å². The van der Waals surface area contributed by atoms with E-state index in [1.165, 1.54) is 5.56 Å². The molecule has 1 amide bonds. The lowest BCUT2D eigenvalue weighted by molar-refractivity contribution is -0.121. The quantitative estimate of drug-likeness (QED) is 0.903. The predicted octanol–water partition coefficient (Wildman–Crippen LogP) is 3.57. The maximum atomic E-state index is 12.6. The van der Waals surface area contributed by atoms with E-state index in [0.717, 1.165) is 12.8 Å². The lowest BCUT2D eigenvalue weighted by atomic mass is 9.70. The fraction of sp³-hybridized carbons (Fsp3) is 0.368. The van der Waals surface area contributed by atoms with Crippen LogP contribution in [0, 0.1) is 0 Å². The van der Waals surface area contributed by atoms with Crippen LogP contribution in [0.2, 0.25) is 0 Å². The third-order valence-electron chi connectivity index (χ3n) is 4.84. The van der Waals surface area contributed by atoms with Crippen molar-refractivity contribution < 1.29 is 14.3 Å². The Morgan fingerprint density at radius 3 is 2.67 bits per heavy atom. The van der Waals surface area contributed by atoms with E-state index in [1.54, 1.807) is 30.6 Å². The van der Waals surface area contributed by atoms with Gasteiger partial charge in [0.1, 0.15) is 11.5 Å². The van der Waals surface area contributed by atoms with E-state index < -0.39 is 0 Å². The van der Waals surface area contributed by atoms with Crippen molar-refractivity contribution in [3.05, 3.63) is 52.2 Å². The second-order valence-corrected chi connectivity index (χ2v) is 6.99. The number of Topliss-reactive ketones (excluding diaryl/α,β-unsaturated/α-hetero) is 1. The first kappa shape index (κ1) is 16.7. The summed E-state index contributed by atoms with van der Waals surface area (Å²) in [5, 5.41) is 7.24. The summed E-state index contributed by atoms with van der Waals surface area (Å²) >= 11 is 1.65. The highest BCUT2D eigenvalue weighted by atomic mass is 32.1. The van der Waals surface area contributed by atoms with Gasteiger partial charge in [-0.15, -0.1) is 0 Å². The highest BCUT2D eigenvalue weighted by molar-refractivity contribution is 7.08. The Morgan fingerprint density at radius 1 is 1.25 bits per heavy atom. The van der Waals surface area contributed by atoms with Crippen molar-refractivity contribution >= 4 is 23.0 Å². The predicted molar refractivity (Wildman–Crippen MR) is 94.8 cm³/mol. The van der Waals surface area contributed by atoms with Crippen molar-refractivity contribution in [3.8, 4) is 5.75 Å². The number of ether oxygens (including phenoxy) is 1. The van der Waals surface area contributed by atoms with Crippen LogP contribution in [-0.4, -0.2) is 25.3 Å². The van der Waals surface area contributed by atoms with Gasteiger partial charge in [0.05, 0.1) is 12.7 Å². The van der Waals surface area contributed by atoms with Crippen molar-refractivity contribution in [2.24, 2.45) is 0 Å². The molecule has 0 atom stereocenters. The summed E-state index contributed by atoms with van der Waals surface area (Å²) in [4.78, 5) is 24.3. The number of nitrogens with one attached hydrogen (secondary N) is 1. The first-order valence-corrected chi connectivity index (χ1v) is 9.04. The molecule has 1 aliphatic rings. The molecule has 126 valence electrons. The summed E-state index contributed by atoms with van der Waals surface area (Å²) in [5.41, 5.74) is 1.61. The first-order chi connectivity index (χ1) is 11.6. The summed E-state index contributed by atoms with van der Waals surface area (Å²) in [6.45, 7) is 0.536. The lowest BCUT2D eigenvalue weighted by Gasteiger charge is -2.36. The average Bonchev–Trinajstić information content (AvgIpc) is 3.16. The zero-order valence-electron chi connectivity index (χ0n) is 13.7. The van der Waals surface area contributed by atoms with Crippen LogP contribution < -0.4 is 10.1 Å². The van der Waals surface area contributed by atoms with Gasteiger partial charge in [0, 0.05) is 24.8 Å². The molecule has 1 N–H and O–H groups in total. The molecule has 2 aromatic rings. The Morgan fingerprint density at radius 2 is 2.00 bits per heavy atom. The number of amides is 1. The average molecular weight is 343 g/mol. The van der Waals surface area contributed by atoms with Crippen LogP contribution in [-0.2, 0) is 10.2 Å². The first-order valence-electron chi connectivity index (χ1n) is 8.10. The summed E-state index contributed by atoms with van der Waals surface area (Å²) in [6.07, 6.45) is 2.74. The Balaban J connectivity index is 1.77. The molecule has 1 aromatic heterocycles. The zero-order chi connectivity index (χ0) is 17.0. The summed E-state index contributed by atoms with van der Waals surface area (Å²) in [7, 11) is 1.56. The molecule has 4 nitrogen and oxygen atoms in total. The van der Waals surface area contributed by atoms with Crippen molar-refractivity contribution in [2.75, 3.05) is 13.7 Å². The molecule has 1 aliphatic carbocycles. The fourth-order valence-corrected chi connectivity index (χ4v) is 4.10. The van der Waals surface area contributed by atoms with Crippen LogP contribution in [0.3, 0.4) is 0 Å². The van der Waals surface area contributed by atoms with Crippen LogP contribution in [0.5, 0.6) is 5.75 Å². The Labute approximate surface area is 145 Å². The fourth-order valence-electron chi connectivity index (χ4n) is 3.32. The zero-order valence-corrected chi connectivity index (χ0v) is 14.5. The molecule has 1 fully saturated rings. The van der Waals surface area contributed by atoms with E-state index in [9.17, 15) is 9.59 Å². The van der Waals surface area contributed by atoms with E-state index in [4.69, 9.17) is 4.74 Å². The van der Waals surface area contributed by atoms with Gasteiger partial charge in [0.25, 0.3) is 5.91 Å². The summed E-state index contributed by atoms with van der Waals surface area (Å²) < 4.78 is 5.27. The molecular formula is C19H21NO3S. The second kappa shape index (κ2) is 7.18. The smallest absolute Gasteiger partial charge is 0.255 e. The Kier molecular flexibility index (Phi) is 5.00. The summed E-state index contributed by atoms with van der Waals surface area (Å²) in [6, 6.07) is 9.31. The van der Waals surface area contributed by atoms with Crippen LogP contribution >= 0.6 is 11.3 Å². The number of hydrogen-bond donors (Lipinski definition) is 1. The highest BCUT2D eigenvalue weighted by Crippen LogP contribution is 2.39. The van der Waals surface area contributed by atoms with Crippen LogP contribution in [0.25, 0.3) is 0 Å². The molecule has 0 bridgehead atoms. The van der Waals surface area contributed by atoms with E-state index in [-0.39, 0.29) is 11.3 Å². The van der Waals surface area contributed by atoms with Crippen LogP contribution in [0.15, 0.2) is 41.1 Å². The number of carbonyl (C=O) groups is 2. The highest BCUT2D eigenvalue weighted by Gasteiger charge is 2.37. The molecule has 1 aromatic carbocycles. The van der Waals surface area contributed by atoms with Gasteiger partial charge in [0.15, 0.2) is 0 Å². The van der Waals surface area contributed by atoms with Gasteiger partial charge in [-0.2, -0.15) is 11.3 Å². The number of para-hydroxylation sites is 1. The van der Waals surface area contributed by atoms with Crippen molar-refractivity contribution in [1.82, 2.24) is 5.32 Å². The largest absolute Gasteiger partial charge is 0.496 e. The van der Waals surface area contributed by atoms with E-state index in [1.807, 2.05) is 12.1 Å². The number of thiophene rings is 1. The van der Waals surface area contributed by atoms with Crippen molar-refractivity contribution in [2.45, 2.75) is 31.1 Å². The maximum Gasteiger partial charge on any atom is 0.255 e. The number of benzene rings is 1. The van der Waals surface area contributed by atoms with Gasteiger partial charge < -0.3 is 10.1 Å². The molecular weight excluding hydrogens is 322 g/mol. The molecule has 1 saturated carbocycles. The maximum absolute atomic E-state index is 12.6. The number of hydrogen-bond acceptors (Lipinski definition) is 4. The molecule has 5 heteroatoms. The van der Waals surface area contributed by atoms with Gasteiger partial charge in [-0.25, -0.2) is 0 Å². The molecule has 3 rings (SSSR count). The minimum absolute atomic E-state index is 0.140. The molecule has 0 unspecified atom stereocenters. The van der Waals surface area contributed by atoms with Crippen LogP contribution in [0.1, 0.15) is 41.6 Å². The van der Waals surface area contributed by atoms with Gasteiger partial charge in [-0.05, 0) is 47.4 Å². The van der Waals surface area contributed by atoms with Crippen molar-refractivity contribution in [3.63, 3.8) is 0 Å². The van der Waals surface area contributed by atoms with E-state index in [0.29, 0.717) is 36.5 Å². The van der Waals surface area contributed by atoms with Gasteiger partial charge in [0.2, 0.25) is 0 Å². The van der Waals surface area contributed by atoms with Gasteiger partial charge in [-0.3, -0.25) is 9.59 Å².